The van der Waals surface area contributed by atoms with Gasteiger partial charge in [0, 0.05) is 43.9 Å². The molecular formula is C33H36N4O11S. The number of thioether (sulfide) groups is 1. The van der Waals surface area contributed by atoms with Crippen molar-refractivity contribution in [2.75, 3.05) is 20.6 Å². The molecule has 2 unspecified atom stereocenters. The number of nitro groups is 2. The fourth-order valence-electron chi connectivity index (χ4n) is 6.89. The molecule has 1 N–H and O–H groups in total. The lowest BCUT2D eigenvalue weighted by molar-refractivity contribution is -0.575. The van der Waals surface area contributed by atoms with Crippen molar-refractivity contribution in [3.05, 3.63) is 96.4 Å². The molecule has 260 valence electrons. The third-order valence-electron chi connectivity index (χ3n) is 9.26. The number of likely N-dealkylation sites (tertiary alicyclic amines) is 1. The third kappa shape index (κ3) is 7.01. The summed E-state index contributed by atoms with van der Waals surface area (Å²) < 4.78 is 11.0. The van der Waals surface area contributed by atoms with Crippen molar-refractivity contribution < 1.29 is 43.6 Å². The molecule has 8 atom stereocenters. The summed E-state index contributed by atoms with van der Waals surface area (Å²) in [6, 6.07) is 12.2. The summed E-state index contributed by atoms with van der Waals surface area (Å²) in [5, 5.41) is 32.8. The zero-order valence-corrected chi connectivity index (χ0v) is 28.0. The van der Waals surface area contributed by atoms with Crippen LogP contribution in [-0.2, 0) is 30.5 Å². The highest BCUT2D eigenvalue weighted by atomic mass is 32.2. The van der Waals surface area contributed by atoms with E-state index in [4.69, 9.17) is 9.47 Å². The highest BCUT2D eigenvalue weighted by Gasteiger charge is 2.62. The van der Waals surface area contributed by atoms with Crippen LogP contribution < -0.4 is 0 Å². The van der Waals surface area contributed by atoms with E-state index in [9.17, 15) is 44.5 Å². The Morgan fingerprint density at radius 1 is 1.08 bits per heavy atom. The molecule has 2 amide bonds. The second-order valence-electron chi connectivity index (χ2n) is 12.6. The maximum atomic E-state index is 13.7. The third-order valence-corrected chi connectivity index (χ3v) is 10.8. The number of allylic oxidation sites excluding steroid dienone is 1. The number of esters is 1. The first-order valence-electron chi connectivity index (χ1n) is 15.6. The highest BCUT2D eigenvalue weighted by Crippen LogP contribution is 2.59. The molecule has 5 rings (SSSR count). The second-order valence-corrected chi connectivity index (χ2v) is 13.9. The minimum Gasteiger partial charge on any atom is -0.457 e. The molecule has 49 heavy (non-hydrogen) atoms. The summed E-state index contributed by atoms with van der Waals surface area (Å²) in [7, 11) is 3.05. The Kier molecular flexibility index (Phi) is 10.4. The van der Waals surface area contributed by atoms with Crippen LogP contribution in [0.15, 0.2) is 65.1 Å². The first-order chi connectivity index (χ1) is 23.2. The van der Waals surface area contributed by atoms with Crippen LogP contribution in [0.2, 0.25) is 0 Å². The molecule has 3 aliphatic rings. The molecule has 16 heteroatoms. The molecule has 1 heterocycles. The van der Waals surface area contributed by atoms with Crippen LogP contribution in [-0.4, -0.2) is 86.5 Å². The van der Waals surface area contributed by atoms with Gasteiger partial charge in [-0.1, -0.05) is 25.1 Å². The van der Waals surface area contributed by atoms with Crippen molar-refractivity contribution in [2.24, 2.45) is 23.7 Å². The van der Waals surface area contributed by atoms with Crippen molar-refractivity contribution >= 4 is 41.2 Å². The summed E-state index contributed by atoms with van der Waals surface area (Å²) in [6.07, 6.45) is -3.66. The largest absolute Gasteiger partial charge is 0.457 e. The number of ketones is 1. The van der Waals surface area contributed by atoms with Gasteiger partial charge in [0.15, 0.2) is 0 Å². The van der Waals surface area contributed by atoms with E-state index in [2.05, 4.69) is 0 Å². The Bertz CT molecular complexity index is 1680. The smallest absolute Gasteiger partial charge is 0.415 e. The van der Waals surface area contributed by atoms with Gasteiger partial charge in [0.1, 0.15) is 18.4 Å². The number of fused-ring (bicyclic) bond motifs is 1. The number of non-ortho nitro benzene ring substituents is 1. The first-order valence-corrected chi connectivity index (χ1v) is 16.5. The monoisotopic (exact) mass is 696 g/mol. The van der Waals surface area contributed by atoms with Gasteiger partial charge in [-0.3, -0.25) is 34.7 Å². The van der Waals surface area contributed by atoms with Gasteiger partial charge in [-0.2, -0.15) is 0 Å². The van der Waals surface area contributed by atoms with Gasteiger partial charge in [-0.15, -0.1) is 11.8 Å². The zero-order chi connectivity index (χ0) is 35.7. The summed E-state index contributed by atoms with van der Waals surface area (Å²) in [4.78, 5) is 78.3. The molecule has 0 bridgehead atoms. The van der Waals surface area contributed by atoms with E-state index in [1.807, 2.05) is 6.92 Å². The lowest BCUT2D eigenvalue weighted by Gasteiger charge is -2.43. The maximum absolute atomic E-state index is 13.7. The van der Waals surface area contributed by atoms with Gasteiger partial charge in [0.25, 0.3) is 5.69 Å². The van der Waals surface area contributed by atoms with Gasteiger partial charge >= 0.3 is 18.3 Å². The topological polar surface area (TPSA) is 200 Å². The predicted molar refractivity (Wildman–Crippen MR) is 174 cm³/mol. The minimum absolute atomic E-state index is 0.0442. The number of hydrogen-bond donors (Lipinski definition) is 1. The molecule has 2 aliphatic carbocycles. The predicted octanol–water partition coefficient (Wildman–Crippen LogP) is 3.73. The quantitative estimate of drug-likeness (QED) is 0.155. The summed E-state index contributed by atoms with van der Waals surface area (Å²) >= 11 is 1.24. The molecule has 2 fully saturated rings. The molecule has 1 saturated heterocycles. The number of likely N-dealkylation sites (N-methyl/N-ethyl adjacent to an activating group) is 1. The normalized spacial score (nSPS) is 25.6. The van der Waals surface area contributed by atoms with E-state index in [0.717, 1.165) is 4.90 Å². The Hall–Kier alpha value is -4.83. The molecule has 2 aromatic rings. The van der Waals surface area contributed by atoms with Crippen molar-refractivity contribution in [3.63, 3.8) is 0 Å². The number of rotatable bonds is 11. The lowest BCUT2D eigenvalue weighted by Crippen LogP contribution is -2.53. The van der Waals surface area contributed by atoms with Crippen LogP contribution in [0.1, 0.15) is 37.6 Å². The van der Waals surface area contributed by atoms with Crippen molar-refractivity contribution in [3.8, 4) is 0 Å². The fraction of sp³-hybridized carbons (Fsp3) is 0.455. The number of nitrogens with zero attached hydrogens (tertiary/aromatic N) is 4. The molecule has 0 spiro atoms. The molecule has 15 nitrogen and oxygen atoms in total. The van der Waals surface area contributed by atoms with Gasteiger partial charge in [-0.25, -0.2) is 9.59 Å². The van der Waals surface area contributed by atoms with E-state index >= 15 is 0 Å². The van der Waals surface area contributed by atoms with Crippen LogP contribution in [0, 0.1) is 43.9 Å². The zero-order valence-electron chi connectivity index (χ0n) is 27.2. The lowest BCUT2D eigenvalue weighted by atomic mass is 9.59. The van der Waals surface area contributed by atoms with Crippen molar-refractivity contribution in [2.45, 2.75) is 50.5 Å². The van der Waals surface area contributed by atoms with E-state index in [1.54, 1.807) is 18.2 Å². The number of Topliss-reactive ketones (excluding diaryl/α,β-unsaturated/α-hetero) is 1. The average molecular weight is 697 g/mol. The summed E-state index contributed by atoms with van der Waals surface area (Å²) in [5.74, 6) is -3.67. The molecule has 1 saturated carbocycles. The van der Waals surface area contributed by atoms with Crippen LogP contribution in [0.5, 0.6) is 0 Å². The Morgan fingerprint density at radius 3 is 2.31 bits per heavy atom. The van der Waals surface area contributed by atoms with E-state index in [-0.39, 0.29) is 54.0 Å². The fourth-order valence-corrected chi connectivity index (χ4v) is 8.47. The number of nitro benzene ring substituents is 1. The van der Waals surface area contributed by atoms with Gasteiger partial charge < -0.3 is 19.5 Å². The average Bonchev–Trinajstić information content (AvgIpc) is 3.59. The number of aliphatic hydroxyl groups is 1. The minimum atomic E-state index is -1.80. The van der Waals surface area contributed by atoms with E-state index in [1.165, 1.54) is 74.1 Å². The first kappa shape index (κ1) is 35.5. The number of benzene rings is 2. The van der Waals surface area contributed by atoms with Gasteiger partial charge in [0.05, 0.1) is 33.0 Å². The number of carbonyl (C=O) groups is 4. The number of ether oxygens (including phenoxy) is 2. The Morgan fingerprint density at radius 2 is 1.73 bits per heavy atom. The standard InChI is InChI=1S/C33H36N4O11S/c1-17-24-25(18(2)38)28(39)26(24)27(32(41)47-16-19-10-12-21(13-11-19)36(43)44)29(17)49-22-14-23(30(40)34(3)4)35(15-22)33(42)48-31(37(45)46)20-8-6-5-7-9-20/h5-13,17-18,22-26,31,38H,14-16H2,1-4H3/t17-,18-,22+,23+,24-,25-,26?,31?/m1/s1. The maximum Gasteiger partial charge on any atom is 0.415 e. The second kappa shape index (κ2) is 14.3. The van der Waals surface area contributed by atoms with Crippen molar-refractivity contribution in [1.82, 2.24) is 9.80 Å². The Labute approximate surface area is 285 Å². The molecule has 0 radical (unpaired) electrons. The van der Waals surface area contributed by atoms with Crippen LogP contribution in [0.3, 0.4) is 0 Å². The van der Waals surface area contributed by atoms with Crippen LogP contribution >= 0.6 is 11.8 Å². The number of aliphatic hydroxyl groups excluding tert-OH is 1. The molecule has 1 aliphatic heterocycles. The number of hydrogen-bond acceptors (Lipinski definition) is 12. The molecule has 0 aromatic heterocycles. The molecule has 2 aromatic carbocycles. The molecular weight excluding hydrogens is 660 g/mol. The summed E-state index contributed by atoms with van der Waals surface area (Å²) in [6.45, 7) is 3.12. The SMILES string of the molecule is C[C@@H](O)[C@H]1C(=O)C2C(C(=O)OCc3ccc([N+](=O)[O-])cc3)=C(S[C@H]3C[C@@H](C(=O)N(C)C)N(C(=O)OC(c4ccccc4)[N+](=O)[O-])C3)[C@H](C)[C@@H]21. The van der Waals surface area contributed by atoms with Gasteiger partial charge in [-0.05, 0) is 59.9 Å². The van der Waals surface area contributed by atoms with E-state index in [0.29, 0.717) is 10.5 Å². The van der Waals surface area contributed by atoms with Gasteiger partial charge in [0.2, 0.25) is 5.91 Å². The van der Waals surface area contributed by atoms with Crippen molar-refractivity contribution in [1.29, 1.82) is 0 Å². The van der Waals surface area contributed by atoms with Crippen LogP contribution in [0.25, 0.3) is 0 Å². The highest BCUT2D eigenvalue weighted by molar-refractivity contribution is 8.03. The number of amides is 2. The number of carbonyl (C=O) groups excluding carboxylic acids is 4. The van der Waals surface area contributed by atoms with E-state index < -0.39 is 63.3 Å². The van der Waals surface area contributed by atoms with Crippen LogP contribution in [0.4, 0.5) is 10.5 Å². The Balaban J connectivity index is 1.40. The summed E-state index contributed by atoms with van der Waals surface area (Å²) in [5.41, 5.74) is 0.677.